The zero-order chi connectivity index (χ0) is 23.5. The summed E-state index contributed by atoms with van der Waals surface area (Å²) in [6.45, 7) is 9.37. The van der Waals surface area contributed by atoms with Crippen LogP contribution in [-0.2, 0) is 25.5 Å². The minimum Gasteiger partial charge on any atom is -0.472 e. The third kappa shape index (κ3) is 8.74. The lowest BCUT2D eigenvalue weighted by atomic mass is 10.0. The highest BCUT2D eigenvalue weighted by atomic mass is 16.6. The Morgan fingerprint density at radius 1 is 1.12 bits per heavy atom. The predicted octanol–water partition coefficient (Wildman–Crippen LogP) is 6.97. The highest BCUT2D eigenvalue weighted by Gasteiger charge is 2.29. The van der Waals surface area contributed by atoms with Gasteiger partial charge in [-0.05, 0) is 89.3 Å². The number of ether oxygens (including phenoxy) is 2. The van der Waals surface area contributed by atoms with Gasteiger partial charge in [0.05, 0.1) is 18.1 Å². The molecule has 0 spiro atoms. The van der Waals surface area contributed by atoms with E-state index in [2.05, 4.69) is 32.9 Å². The Morgan fingerprint density at radius 2 is 1.84 bits per heavy atom. The van der Waals surface area contributed by atoms with Crippen LogP contribution in [0.5, 0.6) is 0 Å². The molecule has 1 aromatic heterocycles. The zero-order valence-corrected chi connectivity index (χ0v) is 20.0. The summed E-state index contributed by atoms with van der Waals surface area (Å²) in [5.74, 6) is -0.134. The average molecular weight is 441 g/mol. The van der Waals surface area contributed by atoms with Crippen LogP contribution < -0.4 is 0 Å². The summed E-state index contributed by atoms with van der Waals surface area (Å²) in [5, 5.41) is 0. The Labute approximate surface area is 191 Å². The molecule has 0 aromatic carbocycles. The number of allylic oxidation sites excluding steroid dienone is 5. The van der Waals surface area contributed by atoms with E-state index < -0.39 is 11.9 Å². The van der Waals surface area contributed by atoms with Crippen molar-refractivity contribution in [3.8, 4) is 0 Å². The molecule has 2 rings (SSSR count). The minimum atomic E-state index is -0.461. The van der Waals surface area contributed by atoms with Crippen LogP contribution >= 0.6 is 0 Å². The molecule has 0 saturated heterocycles. The van der Waals surface area contributed by atoms with Crippen LogP contribution in [0.15, 0.2) is 69.5 Å². The van der Waals surface area contributed by atoms with Crippen molar-refractivity contribution >= 4 is 11.9 Å². The van der Waals surface area contributed by atoms with Crippen molar-refractivity contribution in [2.75, 3.05) is 0 Å². The Morgan fingerprint density at radius 3 is 2.53 bits per heavy atom. The van der Waals surface area contributed by atoms with Crippen LogP contribution in [0.25, 0.3) is 0 Å². The summed E-state index contributed by atoms with van der Waals surface area (Å²) < 4.78 is 15.5. The number of rotatable bonds is 12. The molecule has 5 heteroatoms. The Kier molecular flexibility index (Phi) is 10.3. The monoisotopic (exact) mass is 440 g/mol. The third-order valence-electron chi connectivity index (χ3n) is 5.52. The van der Waals surface area contributed by atoms with Crippen molar-refractivity contribution in [2.45, 2.75) is 79.6 Å². The van der Waals surface area contributed by atoms with Gasteiger partial charge >= 0.3 is 11.9 Å². The maximum atomic E-state index is 11.8. The lowest BCUT2D eigenvalue weighted by molar-refractivity contribution is -0.137. The molecule has 1 aliphatic rings. The summed E-state index contributed by atoms with van der Waals surface area (Å²) >= 11 is 0. The van der Waals surface area contributed by atoms with Crippen molar-refractivity contribution in [3.63, 3.8) is 0 Å². The lowest BCUT2D eigenvalue weighted by Crippen LogP contribution is -2.02. The number of aryl methyl sites for hydroxylation is 1. The van der Waals surface area contributed by atoms with Crippen LogP contribution in [-0.4, -0.2) is 11.9 Å². The number of cyclic esters (lactones) is 1. The number of carbonyl (C=O) groups is 2. The van der Waals surface area contributed by atoms with Gasteiger partial charge in [0, 0.05) is 6.92 Å². The highest BCUT2D eigenvalue weighted by Crippen LogP contribution is 2.29. The van der Waals surface area contributed by atoms with E-state index in [0.29, 0.717) is 11.3 Å². The largest absolute Gasteiger partial charge is 0.472 e. The first-order valence-corrected chi connectivity index (χ1v) is 11.4. The van der Waals surface area contributed by atoms with Crippen LogP contribution in [0.4, 0.5) is 0 Å². The SMILES string of the molecule is CC(=O)OC1=C(C)C(=O)OC1=CC(C)CCC=C(C)CCC=C(C)CCCc1ccoc1. The number of hydrogen-bond donors (Lipinski definition) is 0. The molecule has 0 N–H and O–H groups in total. The maximum Gasteiger partial charge on any atom is 0.343 e. The molecule has 1 aromatic rings. The average Bonchev–Trinajstić information content (AvgIpc) is 3.32. The summed E-state index contributed by atoms with van der Waals surface area (Å²) in [5.41, 5.74) is 4.43. The van der Waals surface area contributed by atoms with E-state index in [1.165, 1.54) is 23.6 Å². The topological polar surface area (TPSA) is 65.7 Å². The fourth-order valence-electron chi connectivity index (χ4n) is 3.57. The molecule has 5 nitrogen and oxygen atoms in total. The summed E-state index contributed by atoms with van der Waals surface area (Å²) in [6, 6.07) is 2.03. The lowest BCUT2D eigenvalue weighted by Gasteiger charge is -2.09. The molecule has 0 aliphatic carbocycles. The fraction of sp³-hybridized carbons (Fsp3) is 0.481. The molecule has 0 radical (unpaired) electrons. The van der Waals surface area contributed by atoms with Gasteiger partial charge in [-0.15, -0.1) is 0 Å². The number of furan rings is 1. The Bertz CT molecular complexity index is 896. The Balaban J connectivity index is 1.72. The standard InChI is InChI=1S/C27H36O5/c1-19(9-6-10-20(2)12-8-14-24-15-16-30-18-24)11-7-13-21(3)17-25-26(31-23(5)28)22(4)27(29)32-25/h10-11,15-18,21H,6-9,12-14H2,1-5H3. The molecule has 174 valence electrons. The highest BCUT2D eigenvalue weighted by molar-refractivity contribution is 5.94. The van der Waals surface area contributed by atoms with Crippen molar-refractivity contribution in [2.24, 2.45) is 5.92 Å². The second-order valence-corrected chi connectivity index (χ2v) is 8.65. The summed E-state index contributed by atoms with van der Waals surface area (Å²) in [4.78, 5) is 23.1. The number of hydrogen-bond acceptors (Lipinski definition) is 5. The first-order valence-electron chi connectivity index (χ1n) is 11.4. The molecule has 0 saturated carbocycles. The Hall–Kier alpha value is -2.82. The quantitative estimate of drug-likeness (QED) is 0.259. The van der Waals surface area contributed by atoms with E-state index >= 15 is 0 Å². The van der Waals surface area contributed by atoms with Crippen molar-refractivity contribution in [1.82, 2.24) is 0 Å². The smallest absolute Gasteiger partial charge is 0.343 e. The minimum absolute atomic E-state index is 0.190. The van der Waals surface area contributed by atoms with Gasteiger partial charge in [-0.25, -0.2) is 4.79 Å². The van der Waals surface area contributed by atoms with Gasteiger partial charge in [0.2, 0.25) is 0 Å². The maximum absolute atomic E-state index is 11.8. The van der Waals surface area contributed by atoms with Gasteiger partial charge in [0.25, 0.3) is 0 Å². The van der Waals surface area contributed by atoms with Crippen molar-refractivity contribution < 1.29 is 23.5 Å². The van der Waals surface area contributed by atoms with Gasteiger partial charge in [0.1, 0.15) is 0 Å². The predicted molar refractivity (Wildman–Crippen MR) is 125 cm³/mol. The number of carbonyl (C=O) groups excluding carboxylic acids is 2. The van der Waals surface area contributed by atoms with Gasteiger partial charge in [-0.3, -0.25) is 4.79 Å². The molecular weight excluding hydrogens is 404 g/mol. The third-order valence-corrected chi connectivity index (χ3v) is 5.52. The van der Waals surface area contributed by atoms with E-state index in [4.69, 9.17) is 13.9 Å². The molecule has 32 heavy (non-hydrogen) atoms. The summed E-state index contributed by atoms with van der Waals surface area (Å²) in [7, 11) is 0. The normalized spacial score (nSPS) is 17.2. The zero-order valence-electron chi connectivity index (χ0n) is 20.0. The van der Waals surface area contributed by atoms with Crippen LogP contribution in [0, 0.1) is 5.92 Å². The van der Waals surface area contributed by atoms with E-state index in [0.717, 1.165) is 44.9 Å². The van der Waals surface area contributed by atoms with E-state index in [9.17, 15) is 9.59 Å². The molecule has 2 heterocycles. The van der Waals surface area contributed by atoms with Crippen LogP contribution in [0.1, 0.15) is 78.7 Å². The molecule has 0 fully saturated rings. The molecular formula is C27H36O5. The second kappa shape index (κ2) is 12.9. The van der Waals surface area contributed by atoms with Gasteiger partial charge in [-0.1, -0.05) is 30.2 Å². The second-order valence-electron chi connectivity index (χ2n) is 8.65. The fourth-order valence-corrected chi connectivity index (χ4v) is 3.57. The van der Waals surface area contributed by atoms with Gasteiger partial charge in [-0.2, -0.15) is 0 Å². The van der Waals surface area contributed by atoms with E-state index in [1.807, 2.05) is 18.4 Å². The van der Waals surface area contributed by atoms with E-state index in [-0.39, 0.29) is 11.7 Å². The van der Waals surface area contributed by atoms with Crippen LogP contribution in [0.3, 0.4) is 0 Å². The van der Waals surface area contributed by atoms with Crippen LogP contribution in [0.2, 0.25) is 0 Å². The molecule has 1 aliphatic heterocycles. The van der Waals surface area contributed by atoms with Gasteiger partial charge < -0.3 is 13.9 Å². The number of esters is 2. The first-order chi connectivity index (χ1) is 15.3. The van der Waals surface area contributed by atoms with E-state index in [1.54, 1.807) is 13.2 Å². The molecule has 1 atom stereocenters. The molecule has 0 bridgehead atoms. The molecule has 1 unspecified atom stereocenters. The summed E-state index contributed by atoms with van der Waals surface area (Å²) in [6.07, 6.45) is 17.4. The molecule has 0 amide bonds. The van der Waals surface area contributed by atoms with Crippen molar-refractivity contribution in [1.29, 1.82) is 0 Å². The van der Waals surface area contributed by atoms with Gasteiger partial charge in [0.15, 0.2) is 11.5 Å². The van der Waals surface area contributed by atoms with Crippen molar-refractivity contribution in [3.05, 3.63) is 70.6 Å². The first kappa shape index (κ1) is 25.4.